The SMILES string of the molecule is O=C(N[C@@H](C(=O)N1CCN(c2ccc(O)cc2)CC1)c1ccccc1)c1ccc2cc[nH]c2c1. The van der Waals surface area contributed by atoms with Crippen LogP contribution in [0.25, 0.3) is 10.9 Å². The van der Waals surface area contributed by atoms with Crippen molar-refractivity contribution in [3.63, 3.8) is 0 Å². The van der Waals surface area contributed by atoms with Gasteiger partial charge >= 0.3 is 0 Å². The van der Waals surface area contributed by atoms with Gasteiger partial charge in [0.2, 0.25) is 5.91 Å². The number of anilines is 1. The number of nitrogens with one attached hydrogen (secondary N) is 2. The van der Waals surface area contributed by atoms with Gasteiger partial charge < -0.3 is 25.2 Å². The minimum atomic E-state index is -0.770. The van der Waals surface area contributed by atoms with E-state index in [-0.39, 0.29) is 17.6 Å². The van der Waals surface area contributed by atoms with E-state index >= 15 is 0 Å². The van der Waals surface area contributed by atoms with Crippen LogP contribution in [0.5, 0.6) is 5.75 Å². The Morgan fingerprint density at radius 1 is 0.882 bits per heavy atom. The summed E-state index contributed by atoms with van der Waals surface area (Å²) in [5.41, 5.74) is 3.14. The molecular weight excluding hydrogens is 428 g/mol. The van der Waals surface area contributed by atoms with E-state index in [1.165, 1.54) is 0 Å². The molecule has 3 N–H and O–H groups in total. The number of nitrogens with zero attached hydrogens (tertiary/aromatic N) is 2. The molecule has 7 nitrogen and oxygen atoms in total. The van der Waals surface area contributed by atoms with E-state index in [2.05, 4.69) is 15.2 Å². The highest BCUT2D eigenvalue weighted by Gasteiger charge is 2.30. The third-order valence-electron chi connectivity index (χ3n) is 6.28. The lowest BCUT2D eigenvalue weighted by atomic mass is 10.0. The van der Waals surface area contributed by atoms with Gasteiger partial charge in [-0.15, -0.1) is 0 Å². The number of amides is 2. The second-order valence-corrected chi connectivity index (χ2v) is 8.43. The maximum absolute atomic E-state index is 13.6. The maximum Gasteiger partial charge on any atom is 0.252 e. The molecule has 7 heteroatoms. The van der Waals surface area contributed by atoms with Crippen LogP contribution in [0.4, 0.5) is 5.69 Å². The Morgan fingerprint density at radius 2 is 1.62 bits per heavy atom. The monoisotopic (exact) mass is 454 g/mol. The zero-order valence-corrected chi connectivity index (χ0v) is 18.6. The number of benzene rings is 3. The summed E-state index contributed by atoms with van der Waals surface area (Å²) in [7, 11) is 0. The van der Waals surface area contributed by atoms with Gasteiger partial charge in [0.15, 0.2) is 0 Å². The molecule has 172 valence electrons. The Kier molecular flexibility index (Phi) is 5.91. The predicted octanol–water partition coefficient (Wildman–Crippen LogP) is 3.69. The molecule has 2 amide bonds. The first-order valence-corrected chi connectivity index (χ1v) is 11.3. The van der Waals surface area contributed by atoms with Gasteiger partial charge in [0.25, 0.3) is 5.91 Å². The fourth-order valence-corrected chi connectivity index (χ4v) is 4.37. The molecule has 2 heterocycles. The average molecular weight is 455 g/mol. The van der Waals surface area contributed by atoms with Gasteiger partial charge in [-0.1, -0.05) is 36.4 Å². The normalized spacial score (nSPS) is 14.7. The van der Waals surface area contributed by atoms with E-state index in [0.29, 0.717) is 31.7 Å². The smallest absolute Gasteiger partial charge is 0.252 e. The molecule has 1 aliphatic heterocycles. The fourth-order valence-electron chi connectivity index (χ4n) is 4.37. The molecule has 34 heavy (non-hydrogen) atoms. The van der Waals surface area contributed by atoms with E-state index in [1.54, 1.807) is 24.3 Å². The number of piperazine rings is 1. The van der Waals surface area contributed by atoms with Crippen molar-refractivity contribution in [2.45, 2.75) is 6.04 Å². The van der Waals surface area contributed by atoms with E-state index in [0.717, 1.165) is 22.2 Å². The number of fused-ring (bicyclic) bond motifs is 1. The van der Waals surface area contributed by atoms with Crippen molar-refractivity contribution in [3.8, 4) is 5.75 Å². The molecule has 4 aromatic rings. The Morgan fingerprint density at radius 3 is 2.35 bits per heavy atom. The van der Waals surface area contributed by atoms with Crippen molar-refractivity contribution in [1.29, 1.82) is 0 Å². The highest BCUT2D eigenvalue weighted by atomic mass is 16.3. The average Bonchev–Trinajstić information content (AvgIpc) is 3.36. The lowest BCUT2D eigenvalue weighted by Crippen LogP contribution is -2.52. The number of phenols is 1. The molecular formula is C27H26N4O3. The zero-order valence-electron chi connectivity index (χ0n) is 18.6. The summed E-state index contributed by atoms with van der Waals surface area (Å²) < 4.78 is 0. The minimum absolute atomic E-state index is 0.120. The van der Waals surface area contributed by atoms with Crippen molar-refractivity contribution in [2.75, 3.05) is 31.1 Å². The summed E-state index contributed by atoms with van der Waals surface area (Å²) in [6.07, 6.45) is 1.83. The molecule has 1 aliphatic rings. The van der Waals surface area contributed by atoms with Crippen molar-refractivity contribution >= 4 is 28.4 Å². The van der Waals surface area contributed by atoms with E-state index in [4.69, 9.17) is 0 Å². The second kappa shape index (κ2) is 9.31. The lowest BCUT2D eigenvalue weighted by molar-refractivity contribution is -0.133. The summed E-state index contributed by atoms with van der Waals surface area (Å²) in [5.74, 6) is -0.179. The first-order valence-electron chi connectivity index (χ1n) is 11.3. The van der Waals surface area contributed by atoms with E-state index < -0.39 is 6.04 Å². The van der Waals surface area contributed by atoms with Gasteiger partial charge in [-0.05, 0) is 53.4 Å². The molecule has 1 aromatic heterocycles. The van der Waals surface area contributed by atoms with Crippen molar-refractivity contribution in [3.05, 3.63) is 96.2 Å². The molecule has 5 rings (SSSR count). The van der Waals surface area contributed by atoms with Crippen LogP contribution < -0.4 is 10.2 Å². The summed E-state index contributed by atoms with van der Waals surface area (Å²) in [4.78, 5) is 33.8. The van der Waals surface area contributed by atoms with Crippen LogP contribution >= 0.6 is 0 Å². The third kappa shape index (κ3) is 4.45. The number of aromatic hydroxyl groups is 1. The molecule has 3 aromatic carbocycles. The number of aromatic nitrogens is 1. The summed E-state index contributed by atoms with van der Waals surface area (Å²) in [6, 6.07) is 23.1. The highest BCUT2D eigenvalue weighted by molar-refractivity contribution is 6.00. The Hall–Kier alpha value is -4.26. The van der Waals surface area contributed by atoms with Gasteiger partial charge in [0, 0.05) is 49.1 Å². The van der Waals surface area contributed by atoms with Crippen LogP contribution in [0.3, 0.4) is 0 Å². The molecule has 1 saturated heterocycles. The number of aromatic amines is 1. The summed E-state index contributed by atoms with van der Waals surface area (Å²) in [6.45, 7) is 2.45. The Balaban J connectivity index is 1.32. The summed E-state index contributed by atoms with van der Waals surface area (Å²) >= 11 is 0. The van der Waals surface area contributed by atoms with Crippen LogP contribution in [-0.2, 0) is 4.79 Å². The lowest BCUT2D eigenvalue weighted by Gasteiger charge is -2.37. The number of carbonyl (C=O) groups excluding carboxylic acids is 2. The number of rotatable bonds is 5. The molecule has 1 fully saturated rings. The number of hydrogen-bond acceptors (Lipinski definition) is 4. The van der Waals surface area contributed by atoms with Crippen LogP contribution in [-0.4, -0.2) is 53.0 Å². The summed E-state index contributed by atoms with van der Waals surface area (Å²) in [5, 5.41) is 13.5. The number of carbonyl (C=O) groups is 2. The first kappa shape index (κ1) is 21.6. The van der Waals surface area contributed by atoms with E-state index in [1.807, 2.05) is 65.7 Å². The second-order valence-electron chi connectivity index (χ2n) is 8.43. The number of phenolic OH excluding ortho intramolecular Hbond substituents is 1. The standard InChI is InChI=1S/C27H26N4O3/c32-23-10-8-22(9-11-23)30-14-16-31(17-15-30)27(34)25(20-4-2-1-3-5-20)29-26(33)21-7-6-19-12-13-28-24(19)18-21/h1-13,18,25,28,32H,14-17H2,(H,29,33)/t25-/m1/s1. The molecule has 0 unspecified atom stereocenters. The van der Waals surface area contributed by atoms with Gasteiger partial charge in [0.05, 0.1) is 0 Å². The molecule has 0 radical (unpaired) electrons. The van der Waals surface area contributed by atoms with Gasteiger partial charge in [0.1, 0.15) is 11.8 Å². The van der Waals surface area contributed by atoms with Gasteiger partial charge in [-0.3, -0.25) is 9.59 Å². The largest absolute Gasteiger partial charge is 0.508 e. The van der Waals surface area contributed by atoms with Gasteiger partial charge in [-0.25, -0.2) is 0 Å². The van der Waals surface area contributed by atoms with Crippen LogP contribution in [0, 0.1) is 0 Å². The Bertz CT molecular complexity index is 1290. The van der Waals surface area contributed by atoms with Crippen LogP contribution in [0.15, 0.2) is 85.1 Å². The minimum Gasteiger partial charge on any atom is -0.508 e. The van der Waals surface area contributed by atoms with Crippen LogP contribution in [0.1, 0.15) is 22.0 Å². The topological polar surface area (TPSA) is 88.7 Å². The van der Waals surface area contributed by atoms with Crippen molar-refractivity contribution in [1.82, 2.24) is 15.2 Å². The Labute approximate surface area is 197 Å². The zero-order chi connectivity index (χ0) is 23.5. The highest BCUT2D eigenvalue weighted by Crippen LogP contribution is 2.23. The molecule has 0 saturated carbocycles. The van der Waals surface area contributed by atoms with E-state index in [9.17, 15) is 14.7 Å². The first-order chi connectivity index (χ1) is 16.6. The predicted molar refractivity (Wildman–Crippen MR) is 132 cm³/mol. The third-order valence-corrected chi connectivity index (χ3v) is 6.28. The number of H-pyrrole nitrogens is 1. The molecule has 0 aliphatic carbocycles. The fraction of sp³-hybridized carbons (Fsp3) is 0.185. The molecule has 0 bridgehead atoms. The quantitative estimate of drug-likeness (QED) is 0.429. The van der Waals surface area contributed by atoms with Gasteiger partial charge in [-0.2, -0.15) is 0 Å². The van der Waals surface area contributed by atoms with Crippen LogP contribution in [0.2, 0.25) is 0 Å². The number of hydrogen-bond donors (Lipinski definition) is 3. The molecule has 1 atom stereocenters. The molecule has 0 spiro atoms. The van der Waals surface area contributed by atoms with Crippen molar-refractivity contribution in [2.24, 2.45) is 0 Å². The maximum atomic E-state index is 13.6. The van der Waals surface area contributed by atoms with Crippen molar-refractivity contribution < 1.29 is 14.7 Å².